The highest BCUT2D eigenvalue weighted by molar-refractivity contribution is 7.71. The number of aryl methyl sites for hydroxylation is 1. The molecule has 0 aromatic carbocycles. The average molecular weight is 332 g/mol. The largest absolute Gasteiger partial charge is 0.462 e. The second kappa shape index (κ2) is 7.27. The fourth-order valence-corrected chi connectivity index (χ4v) is 3.31. The third-order valence-electron chi connectivity index (χ3n) is 4.43. The Kier molecular flexibility index (Phi) is 5.13. The van der Waals surface area contributed by atoms with Gasteiger partial charge in [0.15, 0.2) is 0 Å². The molecule has 0 saturated heterocycles. The Labute approximate surface area is 142 Å². The van der Waals surface area contributed by atoms with Crippen molar-refractivity contribution in [2.75, 3.05) is 7.05 Å². The Morgan fingerprint density at radius 3 is 2.83 bits per heavy atom. The van der Waals surface area contributed by atoms with Crippen LogP contribution in [0.4, 0.5) is 0 Å². The molecule has 0 atom stereocenters. The van der Waals surface area contributed by atoms with Crippen LogP contribution >= 0.6 is 12.2 Å². The molecule has 1 aliphatic rings. The standard InChI is InChI=1S/C17H24N4OS/c1-13-8-9-15(22-13)10-11-16-18-17(23)21(19-16)12-20(2)14-6-4-3-5-7-14/h8-11,14H,3-7,12H2,1-2H3,(H,18,19,23)/b11-10+. The Morgan fingerprint density at radius 2 is 2.13 bits per heavy atom. The Morgan fingerprint density at radius 1 is 1.35 bits per heavy atom. The molecular weight excluding hydrogens is 308 g/mol. The first kappa shape index (κ1) is 16.2. The van der Waals surface area contributed by atoms with Crippen LogP contribution in [0.25, 0.3) is 12.2 Å². The maximum atomic E-state index is 5.52. The molecule has 0 aliphatic heterocycles. The summed E-state index contributed by atoms with van der Waals surface area (Å²) in [5, 5.41) is 3.26. The normalized spacial score (nSPS) is 16.7. The van der Waals surface area contributed by atoms with E-state index >= 15 is 0 Å². The first-order chi connectivity index (χ1) is 11.1. The number of H-pyrrole nitrogens is 1. The fraction of sp³-hybridized carbons (Fsp3) is 0.529. The lowest BCUT2D eigenvalue weighted by Gasteiger charge is -2.30. The molecule has 0 radical (unpaired) electrons. The van der Waals surface area contributed by atoms with Crippen molar-refractivity contribution >= 4 is 24.4 Å². The van der Waals surface area contributed by atoms with Crippen LogP contribution in [0, 0.1) is 11.7 Å². The van der Waals surface area contributed by atoms with Gasteiger partial charge in [-0.3, -0.25) is 10.00 Å². The van der Waals surface area contributed by atoms with Crippen LogP contribution in [0.15, 0.2) is 16.5 Å². The van der Waals surface area contributed by atoms with E-state index in [1.807, 2.05) is 35.9 Å². The molecule has 1 N–H and O–H groups in total. The summed E-state index contributed by atoms with van der Waals surface area (Å²) in [5.41, 5.74) is 0. The first-order valence-electron chi connectivity index (χ1n) is 8.23. The van der Waals surface area contributed by atoms with Crippen molar-refractivity contribution in [3.63, 3.8) is 0 Å². The van der Waals surface area contributed by atoms with E-state index in [9.17, 15) is 0 Å². The fourth-order valence-electron chi connectivity index (χ4n) is 3.11. The zero-order valence-corrected chi connectivity index (χ0v) is 14.6. The van der Waals surface area contributed by atoms with Gasteiger partial charge in [-0.15, -0.1) is 0 Å². The van der Waals surface area contributed by atoms with Gasteiger partial charge in [-0.2, -0.15) is 4.98 Å². The molecule has 0 bridgehead atoms. The summed E-state index contributed by atoms with van der Waals surface area (Å²) in [6.45, 7) is 2.69. The van der Waals surface area contributed by atoms with Gasteiger partial charge >= 0.3 is 0 Å². The molecule has 5 nitrogen and oxygen atoms in total. The molecule has 0 amide bonds. The van der Waals surface area contributed by atoms with E-state index in [1.54, 1.807) is 0 Å². The van der Waals surface area contributed by atoms with Crippen LogP contribution in [0.3, 0.4) is 0 Å². The van der Waals surface area contributed by atoms with Crippen molar-refractivity contribution in [3.05, 3.63) is 34.2 Å². The van der Waals surface area contributed by atoms with Crippen molar-refractivity contribution in [2.24, 2.45) is 0 Å². The summed E-state index contributed by atoms with van der Waals surface area (Å²) in [6.07, 6.45) is 10.4. The summed E-state index contributed by atoms with van der Waals surface area (Å²) in [6, 6.07) is 4.53. The quantitative estimate of drug-likeness (QED) is 0.832. The minimum Gasteiger partial charge on any atom is -0.462 e. The third-order valence-corrected chi connectivity index (χ3v) is 4.74. The molecule has 124 valence electrons. The molecule has 23 heavy (non-hydrogen) atoms. The summed E-state index contributed by atoms with van der Waals surface area (Å²) in [4.78, 5) is 6.77. The second-order valence-electron chi connectivity index (χ2n) is 6.29. The smallest absolute Gasteiger partial charge is 0.217 e. The summed E-state index contributed by atoms with van der Waals surface area (Å²) < 4.78 is 8.03. The highest BCUT2D eigenvalue weighted by atomic mass is 32.1. The van der Waals surface area contributed by atoms with Gasteiger partial charge in [-0.25, -0.2) is 4.68 Å². The van der Waals surface area contributed by atoms with Gasteiger partial charge in [0.05, 0.1) is 6.67 Å². The Bertz CT molecular complexity index is 721. The predicted molar refractivity (Wildman–Crippen MR) is 94.4 cm³/mol. The lowest BCUT2D eigenvalue weighted by atomic mass is 9.95. The van der Waals surface area contributed by atoms with Crippen LogP contribution in [0.1, 0.15) is 49.4 Å². The van der Waals surface area contributed by atoms with E-state index in [2.05, 4.69) is 22.0 Å². The second-order valence-corrected chi connectivity index (χ2v) is 6.66. The number of aromatic nitrogens is 3. The van der Waals surface area contributed by atoms with Gasteiger partial charge in [0.25, 0.3) is 0 Å². The minimum atomic E-state index is 0.586. The van der Waals surface area contributed by atoms with E-state index in [-0.39, 0.29) is 0 Å². The number of hydrogen-bond donors (Lipinski definition) is 1. The number of nitrogens with one attached hydrogen (secondary N) is 1. The Balaban J connectivity index is 1.65. The first-order valence-corrected chi connectivity index (χ1v) is 8.64. The van der Waals surface area contributed by atoms with Crippen molar-refractivity contribution in [2.45, 2.75) is 51.7 Å². The summed E-state index contributed by atoms with van der Waals surface area (Å²) in [5.74, 6) is 2.47. The van der Waals surface area contributed by atoms with Crippen LogP contribution in [-0.4, -0.2) is 32.8 Å². The lowest BCUT2D eigenvalue weighted by molar-refractivity contribution is 0.145. The van der Waals surface area contributed by atoms with E-state index in [0.717, 1.165) is 24.0 Å². The Hall–Kier alpha value is -1.66. The molecule has 1 fully saturated rings. The minimum absolute atomic E-state index is 0.586. The molecule has 2 heterocycles. The molecule has 0 unspecified atom stereocenters. The van der Waals surface area contributed by atoms with Gasteiger partial charge in [0, 0.05) is 6.04 Å². The summed E-state index contributed by atoms with van der Waals surface area (Å²) >= 11 is 5.36. The van der Waals surface area contributed by atoms with Gasteiger partial charge in [-0.05, 0) is 63.3 Å². The number of rotatable bonds is 5. The molecular formula is C17H24N4OS. The van der Waals surface area contributed by atoms with Crippen LogP contribution < -0.4 is 0 Å². The van der Waals surface area contributed by atoms with E-state index < -0.39 is 0 Å². The zero-order valence-electron chi connectivity index (χ0n) is 13.8. The van der Waals surface area contributed by atoms with Crippen molar-refractivity contribution < 1.29 is 4.42 Å². The number of aromatic amines is 1. The van der Waals surface area contributed by atoms with Crippen molar-refractivity contribution in [3.8, 4) is 0 Å². The molecule has 1 saturated carbocycles. The van der Waals surface area contributed by atoms with Crippen LogP contribution in [0.5, 0.6) is 0 Å². The molecule has 6 heteroatoms. The topological polar surface area (TPSA) is 50.0 Å². The van der Waals surface area contributed by atoms with Crippen molar-refractivity contribution in [1.29, 1.82) is 0 Å². The summed E-state index contributed by atoms with van der Waals surface area (Å²) in [7, 11) is 2.17. The number of furan rings is 1. The molecule has 1 aliphatic carbocycles. The average Bonchev–Trinajstić information content (AvgIpc) is 3.12. The monoisotopic (exact) mass is 332 g/mol. The third kappa shape index (κ3) is 4.20. The zero-order chi connectivity index (χ0) is 16.2. The van der Waals surface area contributed by atoms with E-state index in [1.165, 1.54) is 32.1 Å². The SMILES string of the molecule is Cc1ccc(/C=C/c2nc(=S)n(CN(C)C3CCCCC3)[nH]2)o1. The van der Waals surface area contributed by atoms with E-state index in [4.69, 9.17) is 16.6 Å². The molecule has 2 aromatic heterocycles. The maximum absolute atomic E-state index is 5.52. The van der Waals surface area contributed by atoms with Crippen LogP contribution in [0.2, 0.25) is 0 Å². The predicted octanol–water partition coefficient (Wildman–Crippen LogP) is 4.23. The van der Waals surface area contributed by atoms with Gasteiger partial charge in [0.2, 0.25) is 4.77 Å². The number of hydrogen-bond acceptors (Lipinski definition) is 4. The highest BCUT2D eigenvalue weighted by Gasteiger charge is 2.18. The maximum Gasteiger partial charge on any atom is 0.217 e. The van der Waals surface area contributed by atoms with Gasteiger partial charge in [0.1, 0.15) is 17.3 Å². The van der Waals surface area contributed by atoms with Gasteiger partial charge in [-0.1, -0.05) is 19.3 Å². The van der Waals surface area contributed by atoms with Crippen molar-refractivity contribution in [1.82, 2.24) is 19.7 Å². The number of nitrogens with zero attached hydrogens (tertiary/aromatic N) is 3. The van der Waals surface area contributed by atoms with Crippen LogP contribution in [-0.2, 0) is 6.67 Å². The molecule has 3 rings (SSSR count). The van der Waals surface area contributed by atoms with E-state index in [0.29, 0.717) is 10.8 Å². The lowest BCUT2D eigenvalue weighted by Crippen LogP contribution is -2.35. The molecule has 2 aromatic rings. The van der Waals surface area contributed by atoms with Gasteiger partial charge < -0.3 is 4.42 Å². The highest BCUT2D eigenvalue weighted by Crippen LogP contribution is 2.21. The molecule has 0 spiro atoms.